The van der Waals surface area contributed by atoms with Gasteiger partial charge in [0.25, 0.3) is 5.91 Å². The molecule has 0 aliphatic carbocycles. The Morgan fingerprint density at radius 3 is 2.84 bits per heavy atom. The van der Waals surface area contributed by atoms with Crippen molar-refractivity contribution in [2.24, 2.45) is 5.10 Å². The molecule has 104 valence electrons. The van der Waals surface area contributed by atoms with E-state index in [4.69, 9.17) is 9.47 Å². The highest BCUT2D eigenvalue weighted by atomic mass is 16.6. The van der Waals surface area contributed by atoms with E-state index >= 15 is 0 Å². The number of nitrogens with one attached hydrogen (secondary N) is 1. The summed E-state index contributed by atoms with van der Waals surface area (Å²) in [5, 5.41) is 4.05. The largest absolute Gasteiger partial charge is 0.495 e. The average Bonchev–Trinajstić information content (AvgIpc) is 2.99. The van der Waals surface area contributed by atoms with Crippen molar-refractivity contribution in [1.29, 1.82) is 0 Å². The number of nitrogens with zero attached hydrogens (tertiary/aromatic N) is 2. The van der Waals surface area contributed by atoms with Gasteiger partial charge in [-0.3, -0.25) is 14.5 Å². The number of carbonyl (C=O) groups is 2. The van der Waals surface area contributed by atoms with Gasteiger partial charge >= 0.3 is 5.97 Å². The summed E-state index contributed by atoms with van der Waals surface area (Å²) in [4.78, 5) is 25.1. The third kappa shape index (κ3) is 2.27. The van der Waals surface area contributed by atoms with Crippen LogP contribution in [0.15, 0.2) is 16.4 Å². The first-order chi connectivity index (χ1) is 9.10. The van der Waals surface area contributed by atoms with Gasteiger partial charge < -0.3 is 14.9 Å². The maximum atomic E-state index is 12.2. The van der Waals surface area contributed by atoms with Crippen LogP contribution >= 0.6 is 0 Å². The lowest BCUT2D eigenvalue weighted by atomic mass is 10.3. The zero-order valence-corrected chi connectivity index (χ0v) is 11.2. The highest BCUT2D eigenvalue weighted by molar-refractivity contribution is 6.09. The quantitative estimate of drug-likeness (QED) is 0.746. The Bertz CT molecular complexity index is 470. The minimum absolute atomic E-state index is 0.235. The molecule has 1 atom stereocenters. The second kappa shape index (κ2) is 5.29. The van der Waals surface area contributed by atoms with Crippen LogP contribution in [-0.4, -0.2) is 42.5 Å². The third-order valence-electron chi connectivity index (χ3n) is 3.07. The number of methoxy groups -OCH3 is 1. The summed E-state index contributed by atoms with van der Waals surface area (Å²) in [5.74, 6) is 0.290. The molecular formula is C12H17N3O4. The molecule has 0 spiro atoms. The van der Waals surface area contributed by atoms with Gasteiger partial charge in [0, 0.05) is 19.4 Å². The molecule has 0 saturated carbocycles. The molecule has 0 aromatic heterocycles. The van der Waals surface area contributed by atoms with Crippen LogP contribution < -0.4 is 5.43 Å². The monoisotopic (exact) mass is 267 g/mol. The Balaban J connectivity index is 2.30. The molecule has 0 radical (unpaired) electrons. The number of carbonyl (C=O) groups excluding carboxylic acids is 2. The van der Waals surface area contributed by atoms with Crippen LogP contribution in [0.25, 0.3) is 0 Å². The van der Waals surface area contributed by atoms with Crippen LogP contribution in [0.1, 0.15) is 26.7 Å². The molecular weight excluding hydrogens is 250 g/mol. The summed E-state index contributed by atoms with van der Waals surface area (Å²) in [5.41, 5.74) is 3.24. The predicted molar refractivity (Wildman–Crippen MR) is 66.8 cm³/mol. The number of esters is 1. The van der Waals surface area contributed by atoms with Crippen molar-refractivity contribution in [1.82, 2.24) is 10.3 Å². The van der Waals surface area contributed by atoms with Crippen molar-refractivity contribution in [3.63, 3.8) is 0 Å². The molecule has 0 aromatic carbocycles. The van der Waals surface area contributed by atoms with Gasteiger partial charge in [0.2, 0.25) is 6.23 Å². The SMILES string of the molecule is CCC(=O)OC1C(OC)=C(C)C(=O)N1C1=NNCC1. The number of hydrogen-bond donors (Lipinski definition) is 1. The van der Waals surface area contributed by atoms with Crippen molar-refractivity contribution in [2.45, 2.75) is 32.9 Å². The number of hydrogen-bond acceptors (Lipinski definition) is 6. The number of amides is 1. The van der Waals surface area contributed by atoms with Crippen molar-refractivity contribution < 1.29 is 19.1 Å². The van der Waals surface area contributed by atoms with E-state index in [0.29, 0.717) is 30.1 Å². The van der Waals surface area contributed by atoms with Crippen molar-refractivity contribution in [3.05, 3.63) is 11.3 Å². The van der Waals surface area contributed by atoms with E-state index in [0.717, 1.165) is 0 Å². The first-order valence-corrected chi connectivity index (χ1v) is 6.17. The Morgan fingerprint density at radius 2 is 2.32 bits per heavy atom. The summed E-state index contributed by atoms with van der Waals surface area (Å²) in [6.07, 6.45) is -0.00114. The molecule has 1 amide bonds. The number of hydrazone groups is 1. The van der Waals surface area contributed by atoms with E-state index in [1.807, 2.05) is 0 Å². The van der Waals surface area contributed by atoms with Crippen molar-refractivity contribution >= 4 is 17.7 Å². The van der Waals surface area contributed by atoms with Crippen molar-refractivity contribution in [2.75, 3.05) is 13.7 Å². The van der Waals surface area contributed by atoms with Gasteiger partial charge in [-0.15, -0.1) is 0 Å². The Labute approximate surface area is 111 Å². The second-order valence-corrected chi connectivity index (χ2v) is 4.25. The first-order valence-electron chi connectivity index (χ1n) is 6.17. The van der Waals surface area contributed by atoms with E-state index < -0.39 is 12.2 Å². The molecule has 19 heavy (non-hydrogen) atoms. The fourth-order valence-electron chi connectivity index (χ4n) is 2.06. The number of ether oxygens (including phenoxy) is 2. The van der Waals surface area contributed by atoms with E-state index in [1.54, 1.807) is 13.8 Å². The van der Waals surface area contributed by atoms with E-state index in [9.17, 15) is 9.59 Å². The average molecular weight is 267 g/mol. The van der Waals surface area contributed by atoms with Gasteiger partial charge in [0.15, 0.2) is 5.76 Å². The fourth-order valence-corrected chi connectivity index (χ4v) is 2.06. The first kappa shape index (κ1) is 13.4. The van der Waals surface area contributed by atoms with Crippen LogP contribution in [-0.2, 0) is 19.1 Å². The van der Waals surface area contributed by atoms with Gasteiger partial charge in [0.05, 0.1) is 12.7 Å². The zero-order valence-electron chi connectivity index (χ0n) is 11.2. The molecule has 1 unspecified atom stereocenters. The minimum Gasteiger partial charge on any atom is -0.495 e. The smallest absolute Gasteiger partial charge is 0.307 e. The number of rotatable bonds is 3. The normalized spacial score (nSPS) is 22.5. The molecule has 2 rings (SSSR count). The maximum absolute atomic E-state index is 12.2. The van der Waals surface area contributed by atoms with Gasteiger partial charge in [-0.25, -0.2) is 0 Å². The molecule has 7 nitrogen and oxygen atoms in total. The maximum Gasteiger partial charge on any atom is 0.307 e. The Morgan fingerprint density at radius 1 is 1.58 bits per heavy atom. The standard InChI is InChI=1S/C12H17N3O4/c1-4-9(16)19-12-10(18-3)7(2)11(17)15(12)8-5-6-13-14-8/h12-13H,4-6H2,1-3H3. The molecule has 0 bridgehead atoms. The lowest BCUT2D eigenvalue weighted by Crippen LogP contribution is -2.43. The molecule has 2 aliphatic rings. The Hall–Kier alpha value is -2.05. The molecule has 7 heteroatoms. The second-order valence-electron chi connectivity index (χ2n) is 4.25. The van der Waals surface area contributed by atoms with E-state index in [2.05, 4.69) is 10.5 Å². The minimum atomic E-state index is -0.844. The molecule has 2 aliphatic heterocycles. The van der Waals surface area contributed by atoms with Crippen molar-refractivity contribution in [3.8, 4) is 0 Å². The highest BCUT2D eigenvalue weighted by Gasteiger charge is 2.44. The summed E-state index contributed by atoms with van der Waals surface area (Å²) >= 11 is 0. The van der Waals surface area contributed by atoms with Crippen LogP contribution in [0.4, 0.5) is 0 Å². The molecule has 1 N–H and O–H groups in total. The lowest BCUT2D eigenvalue weighted by molar-refractivity contribution is -0.155. The summed E-state index contributed by atoms with van der Waals surface area (Å²) in [7, 11) is 1.46. The van der Waals surface area contributed by atoms with Gasteiger partial charge in [-0.2, -0.15) is 5.10 Å². The molecule has 0 aromatic rings. The zero-order chi connectivity index (χ0) is 14.0. The van der Waals surface area contributed by atoms with Gasteiger partial charge in [-0.1, -0.05) is 6.92 Å². The molecule has 0 saturated heterocycles. The topological polar surface area (TPSA) is 80.2 Å². The fraction of sp³-hybridized carbons (Fsp3) is 0.583. The van der Waals surface area contributed by atoms with Crippen LogP contribution in [0.5, 0.6) is 0 Å². The highest BCUT2D eigenvalue weighted by Crippen LogP contribution is 2.29. The van der Waals surface area contributed by atoms with Crippen LogP contribution in [0.2, 0.25) is 0 Å². The van der Waals surface area contributed by atoms with E-state index in [-0.39, 0.29) is 12.3 Å². The van der Waals surface area contributed by atoms with Gasteiger partial charge in [-0.05, 0) is 6.92 Å². The summed E-state index contributed by atoms with van der Waals surface area (Å²) in [6, 6.07) is 0. The Kier molecular flexibility index (Phi) is 3.73. The lowest BCUT2D eigenvalue weighted by Gasteiger charge is -2.25. The van der Waals surface area contributed by atoms with Crippen LogP contribution in [0.3, 0.4) is 0 Å². The van der Waals surface area contributed by atoms with Gasteiger partial charge in [0.1, 0.15) is 5.84 Å². The van der Waals surface area contributed by atoms with E-state index in [1.165, 1.54) is 12.0 Å². The summed E-state index contributed by atoms with van der Waals surface area (Å²) < 4.78 is 10.5. The summed E-state index contributed by atoms with van der Waals surface area (Å²) in [6.45, 7) is 4.01. The molecule has 2 heterocycles. The van der Waals surface area contributed by atoms with Crippen LogP contribution in [0, 0.1) is 0 Å². The molecule has 0 fully saturated rings. The predicted octanol–water partition coefficient (Wildman–Crippen LogP) is 0.335. The third-order valence-corrected chi connectivity index (χ3v) is 3.07. The number of amidine groups is 1.